The van der Waals surface area contributed by atoms with Crippen LogP contribution in [0.2, 0.25) is 0 Å². The van der Waals surface area contributed by atoms with Crippen molar-refractivity contribution in [1.82, 2.24) is 0 Å². The van der Waals surface area contributed by atoms with E-state index in [1.807, 2.05) is 24.3 Å². The number of carbonyl (C=O) groups is 1. The lowest BCUT2D eigenvalue weighted by Gasteiger charge is -2.52. The van der Waals surface area contributed by atoms with Gasteiger partial charge in [-0.15, -0.1) is 0 Å². The number of allylic oxidation sites excluding steroid dienone is 4. The third-order valence-corrected chi connectivity index (χ3v) is 5.66. The van der Waals surface area contributed by atoms with Gasteiger partial charge in [-0.05, 0) is 22.8 Å². The minimum Gasteiger partial charge on any atom is -0.293 e. The van der Waals surface area contributed by atoms with Gasteiger partial charge in [0.1, 0.15) is 0 Å². The number of carbonyl (C=O) groups excluding carboxylic acids is 1. The molecule has 22 heavy (non-hydrogen) atoms. The van der Waals surface area contributed by atoms with Gasteiger partial charge < -0.3 is 0 Å². The van der Waals surface area contributed by atoms with Crippen LogP contribution in [-0.2, 0) is 10.2 Å². The SMILES string of the molecule is O=C1C=C[C@H]2C=C[C@]1(c1ccccc1)[C@@H]1c3ccccc3[C@H]21. The summed E-state index contributed by atoms with van der Waals surface area (Å²) in [7, 11) is 0. The molecule has 0 heterocycles. The smallest absolute Gasteiger partial charge is 0.170 e. The van der Waals surface area contributed by atoms with Crippen molar-refractivity contribution in [3.05, 3.63) is 95.6 Å². The lowest BCUT2D eigenvalue weighted by atomic mass is 9.49. The van der Waals surface area contributed by atoms with Gasteiger partial charge in [-0.25, -0.2) is 0 Å². The van der Waals surface area contributed by atoms with Crippen molar-refractivity contribution >= 4 is 5.78 Å². The van der Waals surface area contributed by atoms with Crippen molar-refractivity contribution in [1.29, 1.82) is 0 Å². The topological polar surface area (TPSA) is 17.1 Å². The maximum absolute atomic E-state index is 13.1. The van der Waals surface area contributed by atoms with E-state index in [0.29, 0.717) is 11.8 Å². The van der Waals surface area contributed by atoms with Crippen LogP contribution in [0, 0.1) is 5.92 Å². The summed E-state index contributed by atoms with van der Waals surface area (Å²) >= 11 is 0. The van der Waals surface area contributed by atoms with Crippen LogP contribution < -0.4 is 0 Å². The van der Waals surface area contributed by atoms with E-state index >= 15 is 0 Å². The van der Waals surface area contributed by atoms with Gasteiger partial charge in [0, 0.05) is 17.8 Å². The number of rotatable bonds is 1. The van der Waals surface area contributed by atoms with Crippen LogP contribution in [0.1, 0.15) is 28.5 Å². The molecule has 0 saturated carbocycles. The van der Waals surface area contributed by atoms with Crippen LogP contribution in [0.5, 0.6) is 0 Å². The highest BCUT2D eigenvalue weighted by molar-refractivity contribution is 6.03. The summed E-state index contributed by atoms with van der Waals surface area (Å²) in [6, 6.07) is 18.9. The molecule has 0 N–H and O–H groups in total. The lowest BCUT2D eigenvalue weighted by Crippen LogP contribution is -2.48. The monoisotopic (exact) mass is 284 g/mol. The van der Waals surface area contributed by atoms with Crippen LogP contribution in [-0.4, -0.2) is 5.78 Å². The average molecular weight is 284 g/mol. The average Bonchev–Trinajstić information content (AvgIpc) is 2.78. The fraction of sp³-hybridized carbons (Fsp3) is 0.190. The fourth-order valence-electron chi connectivity index (χ4n) is 4.71. The van der Waals surface area contributed by atoms with E-state index in [9.17, 15) is 4.79 Å². The van der Waals surface area contributed by atoms with Crippen molar-refractivity contribution in [3.8, 4) is 0 Å². The molecule has 0 fully saturated rings. The van der Waals surface area contributed by atoms with E-state index in [-0.39, 0.29) is 11.7 Å². The van der Waals surface area contributed by atoms with E-state index < -0.39 is 5.41 Å². The third kappa shape index (κ3) is 1.28. The van der Waals surface area contributed by atoms with Crippen molar-refractivity contribution in [3.63, 3.8) is 0 Å². The standard InChI is InChI=1S/C21H16O/c22-18-11-10-14-12-13-21(18,15-6-2-1-3-7-15)20-17-9-5-4-8-16(17)19(14)20/h1-14,19-20H/t14-,19-,20+,21+/m0/s1. The quantitative estimate of drug-likeness (QED) is 0.720. The Morgan fingerprint density at radius 3 is 2.36 bits per heavy atom. The summed E-state index contributed by atoms with van der Waals surface area (Å²) in [5, 5.41) is 0. The molecule has 1 nitrogen and oxygen atoms in total. The van der Waals surface area contributed by atoms with E-state index in [2.05, 4.69) is 54.6 Å². The van der Waals surface area contributed by atoms with Gasteiger partial charge >= 0.3 is 0 Å². The fourth-order valence-corrected chi connectivity index (χ4v) is 4.71. The second kappa shape index (κ2) is 4.07. The summed E-state index contributed by atoms with van der Waals surface area (Å²) < 4.78 is 0. The second-order valence-electron chi connectivity index (χ2n) is 6.53. The van der Waals surface area contributed by atoms with Crippen molar-refractivity contribution in [2.75, 3.05) is 0 Å². The van der Waals surface area contributed by atoms with Gasteiger partial charge in [0.15, 0.2) is 5.78 Å². The Labute approximate surface area is 130 Å². The van der Waals surface area contributed by atoms with Crippen molar-refractivity contribution in [2.45, 2.75) is 17.3 Å². The van der Waals surface area contributed by atoms with E-state index in [4.69, 9.17) is 0 Å². The molecule has 2 aromatic carbocycles. The molecule has 4 aliphatic rings. The molecular weight excluding hydrogens is 268 g/mol. The van der Waals surface area contributed by atoms with Crippen LogP contribution in [0.15, 0.2) is 78.9 Å². The van der Waals surface area contributed by atoms with Gasteiger partial charge in [0.25, 0.3) is 0 Å². The van der Waals surface area contributed by atoms with Crippen LogP contribution in [0.25, 0.3) is 0 Å². The lowest BCUT2D eigenvalue weighted by molar-refractivity contribution is -0.119. The van der Waals surface area contributed by atoms with Crippen LogP contribution in [0.3, 0.4) is 0 Å². The first-order chi connectivity index (χ1) is 10.8. The van der Waals surface area contributed by atoms with Gasteiger partial charge in [-0.3, -0.25) is 4.79 Å². The molecule has 0 aliphatic heterocycles. The minimum atomic E-state index is -0.524. The molecule has 0 radical (unpaired) electrons. The Bertz CT molecular complexity index is 830. The predicted octanol–water partition coefficient (Wildman–Crippen LogP) is 4.13. The summed E-state index contributed by atoms with van der Waals surface area (Å²) in [5.41, 5.74) is 3.36. The molecule has 4 atom stereocenters. The molecule has 0 amide bonds. The maximum Gasteiger partial charge on any atom is 0.170 e. The molecule has 1 heteroatoms. The number of hydrogen-bond donors (Lipinski definition) is 0. The largest absolute Gasteiger partial charge is 0.293 e. The molecule has 0 spiro atoms. The van der Waals surface area contributed by atoms with Gasteiger partial charge in [-0.1, -0.05) is 72.8 Å². The zero-order chi connectivity index (χ0) is 14.7. The van der Waals surface area contributed by atoms with Crippen LogP contribution >= 0.6 is 0 Å². The highest BCUT2D eigenvalue weighted by Gasteiger charge is 2.58. The summed E-state index contributed by atoms with van der Waals surface area (Å²) in [5.74, 6) is 1.27. The first kappa shape index (κ1) is 12.2. The minimum absolute atomic E-state index is 0.222. The van der Waals surface area contributed by atoms with Crippen molar-refractivity contribution < 1.29 is 4.79 Å². The second-order valence-corrected chi connectivity index (χ2v) is 6.53. The zero-order valence-electron chi connectivity index (χ0n) is 12.1. The molecule has 0 unspecified atom stereocenters. The number of benzene rings is 2. The van der Waals surface area contributed by atoms with Crippen LogP contribution in [0.4, 0.5) is 0 Å². The molecular formula is C21H16O. The Morgan fingerprint density at radius 2 is 1.55 bits per heavy atom. The van der Waals surface area contributed by atoms with E-state index in [1.54, 1.807) is 0 Å². The van der Waals surface area contributed by atoms with E-state index in [1.165, 1.54) is 11.1 Å². The zero-order valence-corrected chi connectivity index (χ0v) is 12.1. The molecule has 2 aromatic rings. The molecule has 6 rings (SSSR count). The summed E-state index contributed by atoms with van der Waals surface area (Å²) in [6.07, 6.45) is 8.33. The first-order valence-electron chi connectivity index (χ1n) is 7.89. The molecule has 4 aliphatic carbocycles. The van der Waals surface area contributed by atoms with E-state index in [0.717, 1.165) is 5.56 Å². The highest BCUT2D eigenvalue weighted by Crippen LogP contribution is 2.64. The number of ketones is 1. The van der Waals surface area contributed by atoms with Gasteiger partial charge in [0.05, 0.1) is 5.41 Å². The Balaban J connectivity index is 1.82. The normalized spacial score (nSPS) is 33.8. The molecule has 0 aromatic heterocycles. The Morgan fingerprint density at radius 1 is 0.818 bits per heavy atom. The third-order valence-electron chi connectivity index (χ3n) is 5.66. The summed E-state index contributed by atoms with van der Waals surface area (Å²) in [4.78, 5) is 13.1. The Kier molecular flexibility index (Phi) is 2.25. The maximum atomic E-state index is 13.1. The predicted molar refractivity (Wildman–Crippen MR) is 86.8 cm³/mol. The number of hydrogen-bond acceptors (Lipinski definition) is 1. The molecule has 106 valence electrons. The van der Waals surface area contributed by atoms with Crippen molar-refractivity contribution in [2.24, 2.45) is 5.92 Å². The molecule has 2 bridgehead atoms. The molecule has 0 saturated heterocycles. The Hall–Kier alpha value is -2.41. The first-order valence-corrected chi connectivity index (χ1v) is 7.89. The van der Waals surface area contributed by atoms with Gasteiger partial charge in [0.2, 0.25) is 0 Å². The van der Waals surface area contributed by atoms with Gasteiger partial charge in [-0.2, -0.15) is 0 Å². The number of fused-ring (bicyclic) bond motifs is 2. The highest BCUT2D eigenvalue weighted by atomic mass is 16.1. The summed E-state index contributed by atoms with van der Waals surface area (Å²) in [6.45, 7) is 0.